The van der Waals surface area contributed by atoms with E-state index in [1.54, 1.807) is 0 Å². The van der Waals surface area contributed by atoms with Crippen LogP contribution in [0.4, 0.5) is 0 Å². The van der Waals surface area contributed by atoms with Gasteiger partial charge >= 0.3 is 0 Å². The van der Waals surface area contributed by atoms with E-state index in [0.717, 1.165) is 45.8 Å². The van der Waals surface area contributed by atoms with Crippen molar-refractivity contribution >= 4 is 11.3 Å². The second-order valence-corrected chi connectivity index (χ2v) is 5.63. The maximum absolute atomic E-state index is 3.52. The van der Waals surface area contributed by atoms with Crippen molar-refractivity contribution < 1.29 is 0 Å². The minimum absolute atomic E-state index is 1.06. The van der Waals surface area contributed by atoms with Gasteiger partial charge in [0, 0.05) is 37.6 Å². The van der Waals surface area contributed by atoms with E-state index in [-0.39, 0.29) is 0 Å². The summed E-state index contributed by atoms with van der Waals surface area (Å²) in [6.07, 6.45) is 0. The molecule has 0 aliphatic heterocycles. The van der Waals surface area contributed by atoms with E-state index in [0.29, 0.717) is 0 Å². The van der Waals surface area contributed by atoms with E-state index < -0.39 is 0 Å². The van der Waals surface area contributed by atoms with Crippen molar-refractivity contribution in [1.29, 1.82) is 0 Å². The average Bonchev–Trinajstić information content (AvgIpc) is 2.86. The number of hydrogen-bond donors (Lipinski definition) is 1. The van der Waals surface area contributed by atoms with Crippen molar-refractivity contribution in [3.8, 4) is 0 Å². The predicted octanol–water partition coefficient (Wildman–Crippen LogP) is 2.11. The Labute approximate surface area is 116 Å². The van der Waals surface area contributed by atoms with Gasteiger partial charge in [-0.3, -0.25) is 0 Å². The van der Waals surface area contributed by atoms with Gasteiger partial charge in [-0.15, -0.1) is 11.3 Å². The van der Waals surface area contributed by atoms with Crippen LogP contribution >= 0.6 is 11.3 Å². The molecule has 104 valence electrons. The summed E-state index contributed by atoms with van der Waals surface area (Å²) in [5.74, 6) is 0. The third-order valence-electron chi connectivity index (χ3n) is 3.18. The molecule has 0 fully saturated rings. The van der Waals surface area contributed by atoms with Crippen molar-refractivity contribution in [1.82, 2.24) is 15.1 Å². The van der Waals surface area contributed by atoms with Gasteiger partial charge in [0.15, 0.2) is 0 Å². The summed E-state index contributed by atoms with van der Waals surface area (Å²) in [7, 11) is 2.19. The molecule has 1 N–H and O–H groups in total. The summed E-state index contributed by atoms with van der Waals surface area (Å²) in [5.41, 5.74) is 0. The van der Waals surface area contributed by atoms with Gasteiger partial charge < -0.3 is 15.1 Å². The van der Waals surface area contributed by atoms with Crippen LogP contribution in [0, 0.1) is 0 Å². The monoisotopic (exact) mass is 269 g/mol. The fourth-order valence-corrected chi connectivity index (χ4v) is 2.70. The van der Waals surface area contributed by atoms with Crippen LogP contribution in [0.1, 0.15) is 18.7 Å². The highest BCUT2D eigenvalue weighted by atomic mass is 32.1. The highest BCUT2D eigenvalue weighted by Gasteiger charge is 2.01. The van der Waals surface area contributed by atoms with Gasteiger partial charge in [0.2, 0.25) is 0 Å². The molecule has 3 nitrogen and oxygen atoms in total. The molecule has 0 amide bonds. The van der Waals surface area contributed by atoms with Crippen molar-refractivity contribution in [3.63, 3.8) is 0 Å². The topological polar surface area (TPSA) is 18.5 Å². The Bertz CT molecular complexity index is 283. The largest absolute Gasteiger partial charge is 0.314 e. The average molecular weight is 269 g/mol. The minimum atomic E-state index is 1.06. The number of nitrogens with zero attached hydrogens (tertiary/aromatic N) is 2. The molecule has 0 bridgehead atoms. The maximum atomic E-state index is 3.52. The lowest BCUT2D eigenvalue weighted by Gasteiger charge is -2.19. The van der Waals surface area contributed by atoms with Gasteiger partial charge in [-0.1, -0.05) is 19.9 Å². The molecule has 0 radical (unpaired) electrons. The Hall–Kier alpha value is -0.420. The van der Waals surface area contributed by atoms with Crippen molar-refractivity contribution in [2.24, 2.45) is 0 Å². The quantitative estimate of drug-likeness (QED) is 0.656. The van der Waals surface area contributed by atoms with Crippen LogP contribution in [0.3, 0.4) is 0 Å². The van der Waals surface area contributed by atoms with Crippen LogP contribution in [-0.4, -0.2) is 56.1 Å². The second kappa shape index (κ2) is 9.50. The Morgan fingerprint density at radius 1 is 1.17 bits per heavy atom. The van der Waals surface area contributed by atoms with Crippen molar-refractivity contribution in [2.45, 2.75) is 20.4 Å². The van der Waals surface area contributed by atoms with E-state index in [4.69, 9.17) is 0 Å². The predicted molar refractivity (Wildman–Crippen MR) is 81.3 cm³/mol. The van der Waals surface area contributed by atoms with E-state index in [1.807, 2.05) is 11.3 Å². The zero-order chi connectivity index (χ0) is 13.2. The van der Waals surface area contributed by atoms with E-state index in [2.05, 4.69) is 53.5 Å². The fourth-order valence-electron chi connectivity index (χ4n) is 1.92. The van der Waals surface area contributed by atoms with Crippen molar-refractivity contribution in [3.05, 3.63) is 22.4 Å². The standard InChI is InChI=1S/C14H27N3S/c1-4-17(5-2)11-9-15-8-10-16(3)13-14-7-6-12-18-14/h6-7,12,15H,4-5,8-11,13H2,1-3H3. The van der Waals surface area contributed by atoms with E-state index in [1.165, 1.54) is 4.88 Å². The smallest absolute Gasteiger partial charge is 0.0325 e. The van der Waals surface area contributed by atoms with Gasteiger partial charge in [-0.25, -0.2) is 0 Å². The number of rotatable bonds is 10. The van der Waals surface area contributed by atoms with Crippen LogP contribution in [-0.2, 0) is 6.54 Å². The SMILES string of the molecule is CCN(CC)CCNCCN(C)Cc1cccs1. The van der Waals surface area contributed by atoms with E-state index in [9.17, 15) is 0 Å². The molecule has 1 heterocycles. The number of nitrogens with one attached hydrogen (secondary N) is 1. The molecule has 0 saturated heterocycles. The molecular weight excluding hydrogens is 242 g/mol. The zero-order valence-electron chi connectivity index (χ0n) is 12.0. The number of thiophene rings is 1. The summed E-state index contributed by atoms with van der Waals surface area (Å²) >= 11 is 1.84. The number of hydrogen-bond acceptors (Lipinski definition) is 4. The highest BCUT2D eigenvalue weighted by molar-refractivity contribution is 7.09. The lowest BCUT2D eigenvalue weighted by Crippen LogP contribution is -2.35. The molecule has 0 aromatic carbocycles. The van der Waals surface area contributed by atoms with Gasteiger partial charge in [0.25, 0.3) is 0 Å². The van der Waals surface area contributed by atoms with Crippen LogP contribution in [0.5, 0.6) is 0 Å². The van der Waals surface area contributed by atoms with Crippen LogP contribution < -0.4 is 5.32 Å². The summed E-state index contributed by atoms with van der Waals surface area (Å²) in [6, 6.07) is 4.32. The van der Waals surface area contributed by atoms with Crippen LogP contribution in [0.25, 0.3) is 0 Å². The molecular formula is C14H27N3S. The highest BCUT2D eigenvalue weighted by Crippen LogP contribution is 2.10. The molecule has 0 spiro atoms. The van der Waals surface area contributed by atoms with Crippen molar-refractivity contribution in [2.75, 3.05) is 46.3 Å². The van der Waals surface area contributed by atoms with E-state index >= 15 is 0 Å². The first-order valence-electron chi connectivity index (χ1n) is 6.90. The minimum Gasteiger partial charge on any atom is -0.314 e. The molecule has 0 saturated carbocycles. The Balaban J connectivity index is 2.00. The lowest BCUT2D eigenvalue weighted by molar-refractivity contribution is 0.291. The first kappa shape index (κ1) is 15.6. The summed E-state index contributed by atoms with van der Waals surface area (Å²) < 4.78 is 0. The third-order valence-corrected chi connectivity index (χ3v) is 4.04. The molecule has 0 atom stereocenters. The van der Waals surface area contributed by atoms with Gasteiger partial charge in [-0.2, -0.15) is 0 Å². The second-order valence-electron chi connectivity index (χ2n) is 4.59. The maximum Gasteiger partial charge on any atom is 0.0325 e. The molecule has 1 aromatic rings. The Morgan fingerprint density at radius 3 is 2.50 bits per heavy atom. The molecule has 1 aromatic heterocycles. The van der Waals surface area contributed by atoms with Gasteiger partial charge in [-0.05, 0) is 31.6 Å². The normalized spacial score (nSPS) is 11.6. The zero-order valence-corrected chi connectivity index (χ0v) is 12.8. The van der Waals surface area contributed by atoms with Crippen LogP contribution in [0.2, 0.25) is 0 Å². The fraction of sp³-hybridized carbons (Fsp3) is 0.714. The molecule has 0 aliphatic carbocycles. The Morgan fingerprint density at radius 2 is 1.89 bits per heavy atom. The van der Waals surface area contributed by atoms with Gasteiger partial charge in [0.1, 0.15) is 0 Å². The molecule has 4 heteroatoms. The number of likely N-dealkylation sites (N-methyl/N-ethyl adjacent to an activating group) is 2. The van der Waals surface area contributed by atoms with Gasteiger partial charge in [0.05, 0.1) is 0 Å². The Kier molecular flexibility index (Phi) is 8.25. The first-order chi connectivity index (χ1) is 8.76. The third kappa shape index (κ3) is 6.50. The first-order valence-corrected chi connectivity index (χ1v) is 7.78. The molecule has 0 aliphatic rings. The molecule has 1 rings (SSSR count). The summed E-state index contributed by atoms with van der Waals surface area (Å²) in [4.78, 5) is 6.26. The summed E-state index contributed by atoms with van der Waals surface area (Å²) in [6.45, 7) is 12.2. The van der Waals surface area contributed by atoms with Crippen LogP contribution in [0.15, 0.2) is 17.5 Å². The summed E-state index contributed by atoms with van der Waals surface area (Å²) in [5, 5.41) is 5.66. The lowest BCUT2D eigenvalue weighted by atomic mass is 10.4. The molecule has 0 unspecified atom stereocenters. The molecule has 18 heavy (non-hydrogen) atoms.